The standard InChI is InChI=1S/C20H15NO6/c22-14-8-13(9-15(23)10-14)19(24)21-17(20(25)26)11-16-6-7-18(27-16)12-4-2-1-3-5-12/h1-11,22-23H,(H,21,24)(H,25,26). The monoisotopic (exact) mass is 365 g/mol. The first kappa shape index (κ1) is 17.8. The second-order valence-corrected chi connectivity index (χ2v) is 5.62. The van der Waals surface area contributed by atoms with E-state index in [4.69, 9.17) is 4.42 Å². The number of amides is 1. The highest BCUT2D eigenvalue weighted by Gasteiger charge is 2.16. The lowest BCUT2D eigenvalue weighted by Crippen LogP contribution is -2.27. The lowest BCUT2D eigenvalue weighted by Gasteiger charge is -2.06. The van der Waals surface area contributed by atoms with Gasteiger partial charge in [0, 0.05) is 23.3 Å². The van der Waals surface area contributed by atoms with Gasteiger partial charge in [-0.1, -0.05) is 30.3 Å². The van der Waals surface area contributed by atoms with Crippen LogP contribution in [0.4, 0.5) is 0 Å². The number of rotatable bonds is 5. The average Bonchev–Trinajstić information content (AvgIpc) is 3.09. The molecule has 0 radical (unpaired) electrons. The minimum atomic E-state index is -1.37. The number of aliphatic carboxylic acids is 1. The third-order valence-electron chi connectivity index (χ3n) is 3.62. The minimum Gasteiger partial charge on any atom is -0.508 e. The van der Waals surface area contributed by atoms with Crippen molar-refractivity contribution in [2.75, 3.05) is 0 Å². The number of benzene rings is 2. The van der Waals surface area contributed by atoms with Gasteiger partial charge >= 0.3 is 5.97 Å². The SMILES string of the molecule is O=C(O)C(=Cc1ccc(-c2ccccc2)o1)NC(=O)c1cc(O)cc(O)c1. The van der Waals surface area contributed by atoms with Gasteiger partial charge in [-0.25, -0.2) is 4.79 Å². The summed E-state index contributed by atoms with van der Waals surface area (Å²) in [6.45, 7) is 0. The molecule has 0 spiro atoms. The van der Waals surface area contributed by atoms with Crippen LogP contribution in [0, 0.1) is 0 Å². The third kappa shape index (κ3) is 4.35. The van der Waals surface area contributed by atoms with E-state index in [9.17, 15) is 24.9 Å². The lowest BCUT2D eigenvalue weighted by atomic mass is 10.2. The summed E-state index contributed by atoms with van der Waals surface area (Å²) in [7, 11) is 0. The highest BCUT2D eigenvalue weighted by Crippen LogP contribution is 2.23. The Balaban J connectivity index is 1.84. The Kier molecular flexibility index (Phi) is 4.94. The molecule has 1 amide bonds. The Bertz CT molecular complexity index is 1000. The van der Waals surface area contributed by atoms with Crippen molar-refractivity contribution >= 4 is 18.0 Å². The molecule has 27 heavy (non-hydrogen) atoms. The average molecular weight is 365 g/mol. The van der Waals surface area contributed by atoms with Crippen LogP contribution in [0.5, 0.6) is 11.5 Å². The van der Waals surface area contributed by atoms with Crippen molar-refractivity contribution in [2.24, 2.45) is 0 Å². The maximum atomic E-state index is 12.2. The summed E-state index contributed by atoms with van der Waals surface area (Å²) >= 11 is 0. The second kappa shape index (κ2) is 7.49. The van der Waals surface area contributed by atoms with Crippen LogP contribution in [0.2, 0.25) is 0 Å². The van der Waals surface area contributed by atoms with Crippen LogP contribution in [0.15, 0.2) is 70.8 Å². The molecule has 0 aliphatic carbocycles. The van der Waals surface area contributed by atoms with Crippen molar-refractivity contribution in [3.8, 4) is 22.8 Å². The highest BCUT2D eigenvalue weighted by atomic mass is 16.4. The van der Waals surface area contributed by atoms with Gasteiger partial charge in [-0.05, 0) is 24.3 Å². The van der Waals surface area contributed by atoms with Gasteiger partial charge in [0.15, 0.2) is 0 Å². The van der Waals surface area contributed by atoms with E-state index in [1.807, 2.05) is 30.3 Å². The van der Waals surface area contributed by atoms with E-state index in [1.54, 1.807) is 12.1 Å². The van der Waals surface area contributed by atoms with Gasteiger partial charge in [0.05, 0.1) is 0 Å². The Morgan fingerprint density at radius 2 is 1.59 bits per heavy atom. The summed E-state index contributed by atoms with van der Waals surface area (Å²) < 4.78 is 5.60. The first-order valence-corrected chi connectivity index (χ1v) is 7.87. The maximum Gasteiger partial charge on any atom is 0.352 e. The minimum absolute atomic E-state index is 0.0935. The van der Waals surface area contributed by atoms with E-state index in [0.717, 1.165) is 23.8 Å². The van der Waals surface area contributed by atoms with Crippen LogP contribution < -0.4 is 5.32 Å². The summed E-state index contributed by atoms with van der Waals surface area (Å²) in [6.07, 6.45) is 1.18. The molecular weight excluding hydrogens is 350 g/mol. The number of hydrogen-bond acceptors (Lipinski definition) is 5. The quantitative estimate of drug-likeness (QED) is 0.515. The normalized spacial score (nSPS) is 11.2. The number of carboxylic acids is 1. The Morgan fingerprint density at radius 1 is 0.926 bits per heavy atom. The van der Waals surface area contributed by atoms with Crippen LogP contribution in [0.1, 0.15) is 16.1 Å². The van der Waals surface area contributed by atoms with Crippen molar-refractivity contribution in [3.63, 3.8) is 0 Å². The lowest BCUT2D eigenvalue weighted by molar-refractivity contribution is -0.132. The van der Waals surface area contributed by atoms with Gasteiger partial charge < -0.3 is 25.1 Å². The first-order valence-electron chi connectivity index (χ1n) is 7.87. The number of hydrogen-bond donors (Lipinski definition) is 4. The van der Waals surface area contributed by atoms with Gasteiger partial charge in [0.25, 0.3) is 5.91 Å². The fourth-order valence-electron chi connectivity index (χ4n) is 2.40. The highest BCUT2D eigenvalue weighted by molar-refractivity contribution is 6.03. The van der Waals surface area contributed by atoms with Crippen molar-refractivity contribution in [2.45, 2.75) is 0 Å². The number of furan rings is 1. The fraction of sp³-hybridized carbons (Fsp3) is 0. The largest absolute Gasteiger partial charge is 0.508 e. The zero-order valence-corrected chi connectivity index (χ0v) is 13.9. The second-order valence-electron chi connectivity index (χ2n) is 5.62. The molecule has 7 heteroatoms. The van der Waals surface area contributed by atoms with E-state index in [1.165, 1.54) is 6.08 Å². The fourth-order valence-corrected chi connectivity index (χ4v) is 2.40. The molecule has 1 heterocycles. The number of phenolic OH excluding ortho intramolecular Hbond substituents is 2. The molecule has 0 unspecified atom stereocenters. The zero-order chi connectivity index (χ0) is 19.4. The first-order chi connectivity index (χ1) is 12.9. The number of aromatic hydroxyl groups is 2. The van der Waals surface area contributed by atoms with Crippen molar-refractivity contribution in [1.29, 1.82) is 0 Å². The number of nitrogens with one attached hydrogen (secondary N) is 1. The molecule has 4 N–H and O–H groups in total. The Hall–Kier alpha value is -4.00. The molecule has 7 nitrogen and oxygen atoms in total. The molecular formula is C20H15NO6. The van der Waals surface area contributed by atoms with Crippen molar-refractivity contribution in [1.82, 2.24) is 5.32 Å². The molecule has 0 aliphatic heterocycles. The van der Waals surface area contributed by atoms with Gasteiger partial charge in [0.2, 0.25) is 0 Å². The predicted octanol–water partition coefficient (Wildman–Crippen LogP) is 3.21. The zero-order valence-electron chi connectivity index (χ0n) is 13.9. The van der Waals surface area contributed by atoms with E-state index in [0.29, 0.717) is 5.76 Å². The number of carbonyl (C=O) groups excluding carboxylic acids is 1. The molecule has 0 fully saturated rings. The molecule has 0 bridgehead atoms. The molecule has 0 aliphatic rings. The molecule has 0 atom stereocenters. The molecule has 0 saturated carbocycles. The van der Waals surface area contributed by atoms with Crippen molar-refractivity contribution < 1.29 is 29.3 Å². The number of phenols is 2. The molecule has 3 rings (SSSR count). The maximum absolute atomic E-state index is 12.2. The molecule has 1 aromatic heterocycles. The Labute approximate surface area is 153 Å². The molecule has 0 saturated heterocycles. The summed E-state index contributed by atoms with van der Waals surface area (Å²) in [6, 6.07) is 15.8. The summed E-state index contributed by atoms with van der Waals surface area (Å²) in [5.41, 5.74) is 0.314. The van der Waals surface area contributed by atoms with Gasteiger partial charge in [-0.15, -0.1) is 0 Å². The van der Waals surface area contributed by atoms with E-state index < -0.39 is 17.6 Å². The van der Waals surface area contributed by atoms with E-state index in [2.05, 4.69) is 5.32 Å². The van der Waals surface area contributed by atoms with Gasteiger partial charge in [0.1, 0.15) is 28.7 Å². The summed E-state index contributed by atoms with van der Waals surface area (Å²) in [5.74, 6) is -2.02. The predicted molar refractivity (Wildman–Crippen MR) is 97.0 cm³/mol. The smallest absolute Gasteiger partial charge is 0.352 e. The summed E-state index contributed by atoms with van der Waals surface area (Å²) in [4.78, 5) is 23.7. The van der Waals surface area contributed by atoms with Gasteiger partial charge in [-0.3, -0.25) is 4.79 Å². The van der Waals surface area contributed by atoms with Gasteiger partial charge in [-0.2, -0.15) is 0 Å². The van der Waals surface area contributed by atoms with Crippen LogP contribution in [0.3, 0.4) is 0 Å². The number of carboxylic acid groups (broad SMARTS) is 1. The van der Waals surface area contributed by atoms with E-state index in [-0.39, 0.29) is 22.8 Å². The molecule has 2 aromatic carbocycles. The topological polar surface area (TPSA) is 120 Å². The Morgan fingerprint density at radius 3 is 2.22 bits per heavy atom. The number of carbonyl (C=O) groups is 2. The van der Waals surface area contributed by atoms with E-state index >= 15 is 0 Å². The van der Waals surface area contributed by atoms with Crippen LogP contribution in [0.25, 0.3) is 17.4 Å². The van der Waals surface area contributed by atoms with Crippen LogP contribution in [-0.4, -0.2) is 27.2 Å². The molecule has 3 aromatic rings. The molecule has 136 valence electrons. The third-order valence-corrected chi connectivity index (χ3v) is 3.62. The van der Waals surface area contributed by atoms with Crippen molar-refractivity contribution in [3.05, 3.63) is 77.7 Å². The van der Waals surface area contributed by atoms with Crippen LogP contribution in [-0.2, 0) is 4.79 Å². The summed E-state index contributed by atoms with van der Waals surface area (Å²) in [5, 5.41) is 30.5. The van der Waals surface area contributed by atoms with Crippen LogP contribution >= 0.6 is 0 Å².